The second-order valence-corrected chi connectivity index (χ2v) is 4.03. The summed E-state index contributed by atoms with van der Waals surface area (Å²) < 4.78 is 4.74. The topological polar surface area (TPSA) is 41.6 Å². The summed E-state index contributed by atoms with van der Waals surface area (Å²) in [6.07, 6.45) is 0. The number of anilines is 1. The number of rotatable bonds is 5. The van der Waals surface area contributed by atoms with E-state index in [1.165, 1.54) is 12.7 Å². The molecule has 1 aromatic carbocycles. The van der Waals surface area contributed by atoms with Crippen molar-refractivity contribution in [2.45, 2.75) is 13.0 Å². The van der Waals surface area contributed by atoms with E-state index in [1.807, 2.05) is 30.1 Å². The maximum atomic E-state index is 11.5. The van der Waals surface area contributed by atoms with Crippen LogP contribution in [0.25, 0.3) is 0 Å². The second-order valence-electron chi connectivity index (χ2n) is 4.03. The van der Waals surface area contributed by atoms with Crippen molar-refractivity contribution in [1.82, 2.24) is 5.32 Å². The van der Waals surface area contributed by atoms with Gasteiger partial charge in [0.05, 0.1) is 7.11 Å². The van der Waals surface area contributed by atoms with Crippen LogP contribution in [0.1, 0.15) is 5.56 Å². The third-order valence-electron chi connectivity index (χ3n) is 2.82. The Labute approximate surface area is 103 Å². The van der Waals surface area contributed by atoms with Gasteiger partial charge in [0, 0.05) is 19.3 Å². The van der Waals surface area contributed by atoms with Crippen LogP contribution in [0.3, 0.4) is 0 Å². The van der Waals surface area contributed by atoms with E-state index in [-0.39, 0.29) is 12.0 Å². The van der Waals surface area contributed by atoms with Crippen LogP contribution in [-0.2, 0) is 9.53 Å². The van der Waals surface area contributed by atoms with Crippen molar-refractivity contribution in [3.8, 4) is 0 Å². The van der Waals surface area contributed by atoms with Gasteiger partial charge in [-0.1, -0.05) is 18.2 Å². The van der Waals surface area contributed by atoms with E-state index in [2.05, 4.69) is 18.3 Å². The molecule has 0 aliphatic rings. The van der Waals surface area contributed by atoms with Gasteiger partial charge in [-0.2, -0.15) is 0 Å². The molecule has 0 aliphatic heterocycles. The Morgan fingerprint density at radius 3 is 2.65 bits per heavy atom. The quantitative estimate of drug-likeness (QED) is 0.780. The van der Waals surface area contributed by atoms with Gasteiger partial charge in [-0.3, -0.25) is 4.79 Å². The zero-order chi connectivity index (χ0) is 12.8. The van der Waals surface area contributed by atoms with Crippen LogP contribution in [0.15, 0.2) is 24.3 Å². The van der Waals surface area contributed by atoms with Crippen molar-refractivity contribution in [2.24, 2.45) is 0 Å². The lowest BCUT2D eigenvalue weighted by Crippen LogP contribution is -2.44. The van der Waals surface area contributed by atoms with Crippen LogP contribution < -0.4 is 10.2 Å². The van der Waals surface area contributed by atoms with E-state index in [0.29, 0.717) is 6.54 Å². The van der Waals surface area contributed by atoms with Crippen molar-refractivity contribution >= 4 is 11.7 Å². The van der Waals surface area contributed by atoms with Gasteiger partial charge in [0.25, 0.3) is 0 Å². The van der Waals surface area contributed by atoms with Crippen LogP contribution >= 0.6 is 0 Å². The molecule has 0 aliphatic carbocycles. The molecule has 1 atom stereocenters. The van der Waals surface area contributed by atoms with Gasteiger partial charge in [0.2, 0.25) is 0 Å². The Morgan fingerprint density at radius 1 is 1.47 bits per heavy atom. The summed E-state index contributed by atoms with van der Waals surface area (Å²) in [7, 11) is 5.13. The number of aryl methyl sites for hydroxylation is 1. The number of carbonyl (C=O) groups is 1. The average molecular weight is 236 g/mol. The van der Waals surface area contributed by atoms with E-state index in [9.17, 15) is 4.79 Å². The van der Waals surface area contributed by atoms with Gasteiger partial charge in [0.15, 0.2) is 0 Å². The SMILES string of the molecule is CNC(CN(C)c1ccccc1C)C(=O)OC. The van der Waals surface area contributed by atoms with Gasteiger partial charge in [-0.15, -0.1) is 0 Å². The lowest BCUT2D eigenvalue weighted by molar-refractivity contribution is -0.142. The highest BCUT2D eigenvalue weighted by Gasteiger charge is 2.19. The van der Waals surface area contributed by atoms with E-state index >= 15 is 0 Å². The number of ether oxygens (including phenoxy) is 1. The molecule has 1 unspecified atom stereocenters. The summed E-state index contributed by atoms with van der Waals surface area (Å²) in [5.74, 6) is -0.243. The summed E-state index contributed by atoms with van der Waals surface area (Å²) in [5.41, 5.74) is 2.31. The minimum absolute atomic E-state index is 0.243. The Kier molecular flexibility index (Phi) is 4.97. The normalized spacial score (nSPS) is 12.0. The molecule has 0 amide bonds. The Bertz CT molecular complexity index is 379. The highest BCUT2D eigenvalue weighted by atomic mass is 16.5. The van der Waals surface area contributed by atoms with E-state index < -0.39 is 0 Å². The molecule has 1 N–H and O–H groups in total. The Balaban J connectivity index is 2.74. The predicted molar refractivity (Wildman–Crippen MR) is 69.3 cm³/mol. The lowest BCUT2D eigenvalue weighted by Gasteiger charge is -2.25. The summed E-state index contributed by atoms with van der Waals surface area (Å²) in [6.45, 7) is 2.63. The monoisotopic (exact) mass is 236 g/mol. The molecule has 0 saturated carbocycles. The summed E-state index contributed by atoms with van der Waals surface area (Å²) in [6, 6.07) is 7.77. The first kappa shape index (κ1) is 13.5. The molecule has 94 valence electrons. The minimum atomic E-state index is -0.315. The minimum Gasteiger partial charge on any atom is -0.468 e. The number of esters is 1. The van der Waals surface area contributed by atoms with E-state index in [1.54, 1.807) is 7.05 Å². The molecule has 4 nitrogen and oxygen atoms in total. The van der Waals surface area contributed by atoms with Crippen LogP contribution in [0.2, 0.25) is 0 Å². The molecule has 1 aromatic rings. The first-order valence-electron chi connectivity index (χ1n) is 5.62. The molecular formula is C13H20N2O2. The molecule has 0 fully saturated rings. The van der Waals surface area contributed by atoms with Gasteiger partial charge >= 0.3 is 5.97 Å². The van der Waals surface area contributed by atoms with Crippen LogP contribution in [0.4, 0.5) is 5.69 Å². The zero-order valence-corrected chi connectivity index (χ0v) is 10.9. The number of benzene rings is 1. The first-order valence-corrected chi connectivity index (χ1v) is 5.62. The molecule has 17 heavy (non-hydrogen) atoms. The number of nitrogens with one attached hydrogen (secondary N) is 1. The smallest absolute Gasteiger partial charge is 0.324 e. The summed E-state index contributed by atoms with van der Waals surface area (Å²) in [4.78, 5) is 13.5. The number of carbonyl (C=O) groups excluding carboxylic acids is 1. The largest absolute Gasteiger partial charge is 0.468 e. The highest BCUT2D eigenvalue weighted by Crippen LogP contribution is 2.17. The zero-order valence-electron chi connectivity index (χ0n) is 10.9. The van der Waals surface area contributed by atoms with E-state index in [0.717, 1.165) is 5.69 Å². The number of para-hydroxylation sites is 1. The molecule has 4 heteroatoms. The van der Waals surface area contributed by atoms with Crippen LogP contribution in [-0.4, -0.2) is 39.8 Å². The maximum absolute atomic E-state index is 11.5. The number of nitrogens with zero attached hydrogens (tertiary/aromatic N) is 1. The lowest BCUT2D eigenvalue weighted by atomic mass is 10.1. The van der Waals surface area contributed by atoms with Crippen molar-refractivity contribution in [3.05, 3.63) is 29.8 Å². The molecule has 0 radical (unpaired) electrons. The van der Waals surface area contributed by atoms with Gasteiger partial charge in [0.1, 0.15) is 6.04 Å². The van der Waals surface area contributed by atoms with Crippen molar-refractivity contribution in [3.63, 3.8) is 0 Å². The molecular weight excluding hydrogens is 216 g/mol. The fourth-order valence-electron chi connectivity index (χ4n) is 1.79. The summed E-state index contributed by atoms with van der Waals surface area (Å²) >= 11 is 0. The van der Waals surface area contributed by atoms with Gasteiger partial charge < -0.3 is 15.0 Å². The standard InChI is InChI=1S/C13H20N2O2/c1-10-7-5-6-8-12(10)15(3)9-11(14-2)13(16)17-4/h5-8,11,14H,9H2,1-4H3. The molecule has 0 bridgehead atoms. The third kappa shape index (κ3) is 3.46. The second kappa shape index (κ2) is 6.25. The van der Waals surface area contributed by atoms with Crippen LogP contribution in [0, 0.1) is 6.92 Å². The third-order valence-corrected chi connectivity index (χ3v) is 2.82. The Morgan fingerprint density at radius 2 is 2.12 bits per heavy atom. The fourth-order valence-corrected chi connectivity index (χ4v) is 1.79. The van der Waals surface area contributed by atoms with Crippen molar-refractivity contribution < 1.29 is 9.53 Å². The predicted octanol–water partition coefficient (Wildman–Crippen LogP) is 1.19. The molecule has 0 aromatic heterocycles. The average Bonchev–Trinajstić information content (AvgIpc) is 2.35. The van der Waals surface area contributed by atoms with Crippen molar-refractivity contribution in [1.29, 1.82) is 0 Å². The number of methoxy groups -OCH3 is 1. The molecule has 0 spiro atoms. The molecule has 1 rings (SSSR count). The fraction of sp³-hybridized carbons (Fsp3) is 0.462. The molecule has 0 saturated heterocycles. The summed E-state index contributed by atoms with van der Waals surface area (Å²) in [5, 5.41) is 2.96. The first-order chi connectivity index (χ1) is 8.10. The molecule has 0 heterocycles. The van der Waals surface area contributed by atoms with Crippen LogP contribution in [0.5, 0.6) is 0 Å². The number of hydrogen-bond donors (Lipinski definition) is 1. The van der Waals surface area contributed by atoms with Gasteiger partial charge in [-0.05, 0) is 25.6 Å². The van der Waals surface area contributed by atoms with Gasteiger partial charge in [-0.25, -0.2) is 0 Å². The Hall–Kier alpha value is -1.55. The number of likely N-dealkylation sites (N-methyl/N-ethyl adjacent to an activating group) is 2. The van der Waals surface area contributed by atoms with Crippen molar-refractivity contribution in [2.75, 3.05) is 32.6 Å². The number of hydrogen-bond acceptors (Lipinski definition) is 4. The van der Waals surface area contributed by atoms with E-state index in [4.69, 9.17) is 4.74 Å². The highest BCUT2D eigenvalue weighted by molar-refractivity contribution is 5.76. The maximum Gasteiger partial charge on any atom is 0.324 e.